The van der Waals surface area contributed by atoms with E-state index in [1.807, 2.05) is 11.0 Å². The number of carbonyl (C=O) groups is 2. The number of aliphatic hydroxyl groups excluding tert-OH is 1. The molecule has 1 saturated carbocycles. The van der Waals surface area contributed by atoms with Crippen LogP contribution >= 0.6 is 22.9 Å². The third-order valence-corrected chi connectivity index (χ3v) is 9.52. The molecule has 2 unspecified atom stereocenters. The van der Waals surface area contributed by atoms with Crippen LogP contribution in [0.2, 0.25) is 4.34 Å². The van der Waals surface area contributed by atoms with Gasteiger partial charge in [-0.1, -0.05) is 41.7 Å². The summed E-state index contributed by atoms with van der Waals surface area (Å²) in [5.74, 6) is 1.07. The predicted molar refractivity (Wildman–Crippen MR) is 146 cm³/mol. The molecule has 4 fully saturated rings. The second-order valence-corrected chi connectivity index (χ2v) is 12.5. The van der Waals surface area contributed by atoms with E-state index >= 15 is 0 Å². The summed E-state index contributed by atoms with van der Waals surface area (Å²) in [4.78, 5) is 35.6. The largest absolute Gasteiger partial charge is 0.378 e. The zero-order chi connectivity index (χ0) is 26.2. The Balaban J connectivity index is 1.30. The highest BCUT2D eigenvalue weighted by atomic mass is 35.5. The summed E-state index contributed by atoms with van der Waals surface area (Å²) in [5.41, 5.74) is 1.66. The Morgan fingerprint density at radius 3 is 2.73 bits per heavy atom. The summed E-state index contributed by atoms with van der Waals surface area (Å²) >= 11 is 7.23. The Morgan fingerprint density at radius 2 is 2.14 bits per heavy atom. The molecule has 0 radical (unpaired) electrons. The lowest BCUT2D eigenvalue weighted by Crippen LogP contribution is -2.51. The number of nitrogens with one attached hydrogen (secondary N) is 1. The van der Waals surface area contributed by atoms with Crippen molar-refractivity contribution in [2.75, 3.05) is 38.0 Å². The molecule has 8 nitrogen and oxygen atoms in total. The Kier molecular flexibility index (Phi) is 7.77. The monoisotopic (exact) mass is 545 g/mol. The third kappa shape index (κ3) is 5.37. The van der Waals surface area contributed by atoms with Crippen LogP contribution in [-0.4, -0.2) is 75.7 Å². The summed E-state index contributed by atoms with van der Waals surface area (Å²) < 4.78 is 0.513. The fraction of sp³-hybridized carbons (Fsp3) is 0.593. The van der Waals surface area contributed by atoms with E-state index in [1.54, 1.807) is 17.9 Å². The van der Waals surface area contributed by atoms with Crippen molar-refractivity contribution in [2.24, 2.45) is 17.3 Å². The van der Waals surface area contributed by atoms with E-state index in [-0.39, 0.29) is 23.6 Å². The van der Waals surface area contributed by atoms with Gasteiger partial charge in [-0.05, 0) is 62.0 Å². The first kappa shape index (κ1) is 26.4. The summed E-state index contributed by atoms with van der Waals surface area (Å²) in [7, 11) is 0. The minimum Gasteiger partial charge on any atom is -0.378 e. The van der Waals surface area contributed by atoms with Gasteiger partial charge in [0.15, 0.2) is 5.13 Å². The van der Waals surface area contributed by atoms with Crippen LogP contribution in [-0.2, 0) is 4.79 Å². The number of amides is 3. The number of anilines is 1. The second kappa shape index (κ2) is 10.9. The van der Waals surface area contributed by atoms with Gasteiger partial charge >= 0.3 is 6.03 Å². The number of carbonyl (C=O) groups excluding carboxylic acids is 2. The fourth-order valence-corrected chi connectivity index (χ4v) is 7.08. The lowest BCUT2D eigenvalue weighted by Gasteiger charge is -2.45. The molecule has 3 saturated heterocycles. The summed E-state index contributed by atoms with van der Waals surface area (Å²) in [6.07, 6.45) is 13.3. The maximum absolute atomic E-state index is 13.4. The molecule has 3 amide bonds. The number of hydrogen-bond acceptors (Lipinski definition) is 6. The van der Waals surface area contributed by atoms with Crippen molar-refractivity contribution in [1.29, 1.82) is 0 Å². The number of rotatable bonds is 7. The van der Waals surface area contributed by atoms with Gasteiger partial charge in [-0.15, -0.1) is 0 Å². The molecule has 37 heavy (non-hydrogen) atoms. The van der Waals surface area contributed by atoms with Crippen LogP contribution in [0.1, 0.15) is 45.4 Å². The number of thiazole rings is 1. The van der Waals surface area contributed by atoms with E-state index in [4.69, 9.17) is 11.6 Å². The van der Waals surface area contributed by atoms with Gasteiger partial charge in [0.1, 0.15) is 10.6 Å². The SMILES string of the molecule is C=CC=C1/C(=C\CCC2CC(C(O)N3CCC3)C2)C2(CCN(C(C)=O)C2)CN1C(=O)Nc1ncc(Cl)s1. The van der Waals surface area contributed by atoms with Crippen molar-refractivity contribution in [1.82, 2.24) is 19.7 Å². The first-order chi connectivity index (χ1) is 17.8. The number of nitrogens with zero attached hydrogens (tertiary/aromatic N) is 4. The average Bonchev–Trinajstić information content (AvgIpc) is 3.48. The average molecular weight is 546 g/mol. The van der Waals surface area contributed by atoms with Crippen LogP contribution in [0.3, 0.4) is 0 Å². The highest BCUT2D eigenvalue weighted by Gasteiger charge is 2.51. The standard InChI is InChI=1S/C27H36ClN5O3S/c1-3-6-22-21(8-4-7-19-13-20(14-19)24(35)31-10-5-11-31)27(9-12-32(16-27)18(2)34)17-33(22)26(36)30-25-29-15-23(28)37-25/h3,6,8,15,19-20,24,35H,1,4-5,7,9-14,16-17H2,2H3,(H,29,30,36)/b21-8+,22-6?. The van der Waals surface area contributed by atoms with E-state index in [0.29, 0.717) is 40.9 Å². The molecule has 1 aromatic rings. The van der Waals surface area contributed by atoms with Gasteiger partial charge in [0.25, 0.3) is 0 Å². The zero-order valence-corrected chi connectivity index (χ0v) is 22.9. The molecule has 4 heterocycles. The van der Waals surface area contributed by atoms with Gasteiger partial charge < -0.3 is 10.0 Å². The smallest absolute Gasteiger partial charge is 0.328 e. The van der Waals surface area contributed by atoms with Crippen LogP contribution in [0.15, 0.2) is 42.3 Å². The number of allylic oxidation sites excluding steroid dienone is 4. The van der Waals surface area contributed by atoms with E-state index in [1.165, 1.54) is 24.0 Å². The Labute approximate surface area is 227 Å². The second-order valence-electron chi connectivity index (χ2n) is 10.8. The Hall–Kier alpha value is -2.20. The Morgan fingerprint density at radius 1 is 1.35 bits per heavy atom. The van der Waals surface area contributed by atoms with E-state index in [0.717, 1.165) is 56.5 Å². The van der Waals surface area contributed by atoms with Crippen molar-refractivity contribution in [3.63, 3.8) is 0 Å². The van der Waals surface area contributed by atoms with Gasteiger partial charge in [-0.2, -0.15) is 0 Å². The molecule has 0 bridgehead atoms. The van der Waals surface area contributed by atoms with Crippen LogP contribution < -0.4 is 5.32 Å². The maximum atomic E-state index is 13.4. The van der Waals surface area contributed by atoms with Gasteiger partial charge in [0.2, 0.25) is 5.91 Å². The Bertz CT molecular complexity index is 1110. The summed E-state index contributed by atoms with van der Waals surface area (Å²) in [6, 6.07) is -0.259. The topological polar surface area (TPSA) is 89.0 Å². The van der Waals surface area contributed by atoms with Crippen molar-refractivity contribution in [3.8, 4) is 0 Å². The molecule has 1 spiro atoms. The van der Waals surface area contributed by atoms with Gasteiger partial charge in [-0.3, -0.25) is 19.9 Å². The molecule has 10 heteroatoms. The lowest BCUT2D eigenvalue weighted by atomic mass is 9.71. The number of urea groups is 1. The minimum atomic E-state index is -0.297. The first-order valence-corrected chi connectivity index (χ1v) is 14.4. The molecule has 0 aromatic carbocycles. The highest BCUT2D eigenvalue weighted by Crippen LogP contribution is 2.50. The first-order valence-electron chi connectivity index (χ1n) is 13.2. The van der Waals surface area contributed by atoms with E-state index in [2.05, 4.69) is 27.9 Å². The molecule has 1 aromatic heterocycles. The molecule has 2 atom stereocenters. The summed E-state index contributed by atoms with van der Waals surface area (Å²) in [5, 5.41) is 13.8. The third-order valence-electron chi connectivity index (χ3n) is 8.49. The molecule has 1 aliphatic carbocycles. The number of halogens is 1. The van der Waals surface area contributed by atoms with Crippen molar-refractivity contribution >= 4 is 40.0 Å². The van der Waals surface area contributed by atoms with Crippen molar-refractivity contribution < 1.29 is 14.7 Å². The van der Waals surface area contributed by atoms with Gasteiger partial charge in [0, 0.05) is 50.8 Å². The number of likely N-dealkylation sites (tertiary alicyclic amines) is 3. The summed E-state index contributed by atoms with van der Waals surface area (Å²) in [6.45, 7) is 9.33. The molecular formula is C27H36ClN5O3S. The number of aromatic nitrogens is 1. The predicted octanol–water partition coefficient (Wildman–Crippen LogP) is 4.71. The highest BCUT2D eigenvalue weighted by molar-refractivity contribution is 7.19. The maximum Gasteiger partial charge on any atom is 0.328 e. The molecule has 4 aliphatic rings. The van der Waals surface area contributed by atoms with Crippen LogP contribution in [0.5, 0.6) is 0 Å². The van der Waals surface area contributed by atoms with Gasteiger partial charge in [0.05, 0.1) is 6.20 Å². The minimum absolute atomic E-state index is 0.0621. The van der Waals surface area contributed by atoms with Crippen LogP contribution in [0.25, 0.3) is 0 Å². The quantitative estimate of drug-likeness (QED) is 0.518. The molecule has 5 rings (SSSR count). The van der Waals surface area contributed by atoms with Crippen LogP contribution in [0, 0.1) is 17.3 Å². The van der Waals surface area contributed by atoms with Crippen molar-refractivity contribution in [2.45, 2.75) is 51.7 Å². The fourth-order valence-electron chi connectivity index (χ4n) is 6.28. The molecule has 3 aliphatic heterocycles. The zero-order valence-electron chi connectivity index (χ0n) is 21.4. The van der Waals surface area contributed by atoms with E-state index in [9.17, 15) is 14.7 Å². The van der Waals surface area contributed by atoms with E-state index < -0.39 is 0 Å². The normalized spacial score (nSPS) is 30.6. The van der Waals surface area contributed by atoms with Crippen LogP contribution in [0.4, 0.5) is 9.93 Å². The lowest BCUT2D eigenvalue weighted by molar-refractivity contribution is -0.128. The number of aliphatic hydroxyl groups is 1. The van der Waals surface area contributed by atoms with Crippen molar-refractivity contribution in [3.05, 3.63) is 46.6 Å². The molecule has 200 valence electrons. The van der Waals surface area contributed by atoms with Gasteiger partial charge in [-0.25, -0.2) is 9.78 Å². The molecule has 2 N–H and O–H groups in total. The number of hydrogen-bond donors (Lipinski definition) is 2. The molecular weight excluding hydrogens is 510 g/mol.